The van der Waals surface area contributed by atoms with E-state index >= 15 is 0 Å². The van der Waals surface area contributed by atoms with Gasteiger partial charge in [0.05, 0.1) is 5.60 Å². The maximum Gasteiger partial charge on any atom is 0.243 e. The molecule has 1 rings (SSSR count). The van der Waals surface area contributed by atoms with Crippen LogP contribution >= 0.6 is 0 Å². The summed E-state index contributed by atoms with van der Waals surface area (Å²) in [5, 5.41) is 22.3. The molecule has 0 heterocycles. The van der Waals surface area contributed by atoms with Crippen molar-refractivity contribution in [3.05, 3.63) is 0 Å². The molecule has 1 saturated carbocycles. The second-order valence-corrected chi connectivity index (χ2v) is 9.35. The number of Topliss-reactive ketones (excluding diaryl/α,β-unsaturated/α-hetero) is 2. The zero-order valence-corrected chi connectivity index (χ0v) is 19.4. The van der Waals surface area contributed by atoms with Gasteiger partial charge in [0, 0.05) is 25.3 Å². The first-order valence-electron chi connectivity index (χ1n) is 11.5. The van der Waals surface area contributed by atoms with Gasteiger partial charge in [-0.1, -0.05) is 59.8 Å². The van der Waals surface area contributed by atoms with Crippen LogP contribution in [0.25, 0.3) is 0 Å². The summed E-state index contributed by atoms with van der Waals surface area (Å²) in [6.07, 6.45) is 6.82. The molecule has 0 aliphatic heterocycles. The van der Waals surface area contributed by atoms with Crippen LogP contribution in [-0.2, 0) is 14.4 Å². The highest BCUT2D eigenvalue weighted by Gasteiger charge is 2.50. The highest BCUT2D eigenvalue weighted by Crippen LogP contribution is 2.39. The molecular weight excluding hydrogens is 384 g/mol. The molecule has 0 spiro atoms. The fourth-order valence-electron chi connectivity index (χ4n) is 4.87. The van der Waals surface area contributed by atoms with E-state index in [0.717, 1.165) is 51.9 Å². The molecule has 1 aliphatic rings. The molecule has 174 valence electrons. The van der Waals surface area contributed by atoms with Crippen LogP contribution in [0.2, 0.25) is 0 Å². The molecule has 30 heavy (non-hydrogen) atoms. The Balaban J connectivity index is 3.28. The average Bonchev–Trinajstić information content (AvgIpc) is 2.73. The third-order valence-corrected chi connectivity index (χ3v) is 7.01. The molecule has 0 aromatic rings. The van der Waals surface area contributed by atoms with Crippen molar-refractivity contribution in [3.8, 4) is 0 Å². The Bertz CT molecular complexity index is 588. The van der Waals surface area contributed by atoms with Crippen LogP contribution in [0.4, 0.5) is 0 Å². The van der Waals surface area contributed by atoms with Crippen molar-refractivity contribution in [3.63, 3.8) is 0 Å². The molecular formula is C23H42N2O5. The largest absolute Gasteiger partial charge is 0.388 e. The Hall–Kier alpha value is -1.31. The van der Waals surface area contributed by atoms with E-state index in [2.05, 4.69) is 0 Å². The summed E-state index contributed by atoms with van der Waals surface area (Å²) < 4.78 is 0. The van der Waals surface area contributed by atoms with Crippen molar-refractivity contribution >= 4 is 17.5 Å². The number of nitrogens with two attached hydrogens (primary N) is 1. The standard InChI is InChI=1S/C23H42N2O5/c1-6-7-13-19(15(2)3)21(27)22(28)20(25(30)17(5)26)16(4)23(29,14-24)18-11-9-8-10-12-18/h15-16,18-20,29-30H,6-14,24H2,1-5H3/t16-,19+,20+,23-/m1/s1. The Kier molecular flexibility index (Phi) is 10.6. The van der Waals surface area contributed by atoms with Gasteiger partial charge in [-0.15, -0.1) is 0 Å². The maximum absolute atomic E-state index is 13.3. The first-order chi connectivity index (χ1) is 14.0. The highest BCUT2D eigenvalue weighted by atomic mass is 16.5. The number of hydrogen-bond acceptors (Lipinski definition) is 6. The van der Waals surface area contributed by atoms with Gasteiger partial charge in [0.1, 0.15) is 6.04 Å². The predicted molar refractivity (Wildman–Crippen MR) is 116 cm³/mol. The van der Waals surface area contributed by atoms with E-state index in [1.807, 2.05) is 20.8 Å². The number of ketones is 2. The third-order valence-electron chi connectivity index (χ3n) is 7.01. The molecule has 0 saturated heterocycles. The minimum absolute atomic E-state index is 0.0415. The van der Waals surface area contributed by atoms with E-state index in [0.29, 0.717) is 11.5 Å². The molecule has 1 amide bonds. The molecule has 0 aromatic heterocycles. The van der Waals surface area contributed by atoms with Crippen molar-refractivity contribution in [2.45, 2.75) is 97.6 Å². The summed E-state index contributed by atoms with van der Waals surface area (Å²) >= 11 is 0. The Labute approximate surface area is 181 Å². The molecule has 0 aromatic carbocycles. The summed E-state index contributed by atoms with van der Waals surface area (Å²) in [4.78, 5) is 38.5. The quantitative estimate of drug-likeness (QED) is 0.250. The highest BCUT2D eigenvalue weighted by molar-refractivity contribution is 6.40. The summed E-state index contributed by atoms with van der Waals surface area (Å²) in [7, 11) is 0. The maximum atomic E-state index is 13.3. The SMILES string of the molecule is CCCC[C@H](C(=O)C(=O)[C@H]([C@@H](C)[C@](O)(CN)C1CCCCC1)N(O)C(C)=O)C(C)C. The van der Waals surface area contributed by atoms with Crippen LogP contribution < -0.4 is 5.73 Å². The monoisotopic (exact) mass is 426 g/mol. The topological polar surface area (TPSA) is 121 Å². The van der Waals surface area contributed by atoms with Gasteiger partial charge in [-0.3, -0.25) is 19.6 Å². The lowest BCUT2D eigenvalue weighted by Gasteiger charge is -2.45. The number of carbonyl (C=O) groups is 3. The van der Waals surface area contributed by atoms with Crippen molar-refractivity contribution in [2.24, 2.45) is 29.4 Å². The van der Waals surface area contributed by atoms with Gasteiger partial charge in [-0.05, 0) is 31.1 Å². The van der Waals surface area contributed by atoms with Crippen LogP contribution in [0, 0.1) is 23.7 Å². The van der Waals surface area contributed by atoms with Gasteiger partial charge in [0.15, 0.2) is 0 Å². The number of hydroxylamine groups is 2. The molecule has 0 radical (unpaired) electrons. The Morgan fingerprint density at radius 2 is 1.67 bits per heavy atom. The summed E-state index contributed by atoms with van der Waals surface area (Å²) in [6.45, 7) is 8.45. The van der Waals surface area contributed by atoms with Gasteiger partial charge in [0.25, 0.3) is 0 Å². The zero-order valence-electron chi connectivity index (χ0n) is 19.4. The number of hydrogen-bond donors (Lipinski definition) is 3. The predicted octanol–water partition coefficient (Wildman–Crippen LogP) is 3.10. The minimum Gasteiger partial charge on any atom is -0.388 e. The van der Waals surface area contributed by atoms with E-state index in [1.54, 1.807) is 6.92 Å². The lowest BCUT2D eigenvalue weighted by atomic mass is 9.67. The molecule has 1 fully saturated rings. The summed E-state index contributed by atoms with van der Waals surface area (Å²) in [5.41, 5.74) is 4.52. The minimum atomic E-state index is -1.45. The van der Waals surface area contributed by atoms with Crippen LogP contribution in [-0.4, -0.2) is 51.0 Å². The number of carbonyl (C=O) groups excluding carboxylic acids is 3. The summed E-state index contributed by atoms with van der Waals surface area (Å²) in [5.74, 6) is -3.69. The van der Waals surface area contributed by atoms with Gasteiger partial charge >= 0.3 is 0 Å². The number of aliphatic hydroxyl groups is 1. The molecule has 4 N–H and O–H groups in total. The lowest BCUT2D eigenvalue weighted by Crippen LogP contribution is -2.61. The zero-order chi connectivity index (χ0) is 23.1. The number of unbranched alkanes of at least 4 members (excludes halogenated alkanes) is 1. The van der Waals surface area contributed by atoms with Crippen LogP contribution in [0.3, 0.4) is 0 Å². The van der Waals surface area contributed by atoms with Gasteiger partial charge in [-0.25, -0.2) is 5.06 Å². The number of amides is 1. The number of rotatable bonds is 12. The second-order valence-electron chi connectivity index (χ2n) is 9.35. The second kappa shape index (κ2) is 11.9. The van der Waals surface area contributed by atoms with Crippen LogP contribution in [0.5, 0.6) is 0 Å². The lowest BCUT2D eigenvalue weighted by molar-refractivity contribution is -0.194. The van der Waals surface area contributed by atoms with Crippen molar-refractivity contribution in [1.29, 1.82) is 0 Å². The van der Waals surface area contributed by atoms with Crippen molar-refractivity contribution in [1.82, 2.24) is 5.06 Å². The fourth-order valence-corrected chi connectivity index (χ4v) is 4.87. The van der Waals surface area contributed by atoms with E-state index in [1.165, 1.54) is 0 Å². The van der Waals surface area contributed by atoms with Gasteiger partial charge < -0.3 is 10.8 Å². The van der Waals surface area contributed by atoms with E-state index < -0.39 is 41.0 Å². The van der Waals surface area contributed by atoms with E-state index in [4.69, 9.17) is 5.73 Å². The van der Waals surface area contributed by atoms with Crippen molar-refractivity contribution in [2.75, 3.05) is 6.54 Å². The van der Waals surface area contributed by atoms with Gasteiger partial charge in [0.2, 0.25) is 17.5 Å². The normalized spacial score (nSPS) is 20.3. The summed E-state index contributed by atoms with van der Waals surface area (Å²) in [6, 6.07) is -1.45. The van der Waals surface area contributed by atoms with Gasteiger partial charge in [-0.2, -0.15) is 0 Å². The molecule has 7 heteroatoms. The average molecular weight is 427 g/mol. The molecule has 1 aliphatic carbocycles. The molecule has 4 atom stereocenters. The van der Waals surface area contributed by atoms with Crippen LogP contribution in [0.15, 0.2) is 0 Å². The molecule has 7 nitrogen and oxygen atoms in total. The fraction of sp³-hybridized carbons (Fsp3) is 0.870. The molecule has 0 unspecified atom stereocenters. The van der Waals surface area contributed by atoms with Crippen LogP contribution in [0.1, 0.15) is 86.0 Å². The van der Waals surface area contributed by atoms with E-state index in [-0.39, 0.29) is 18.4 Å². The van der Waals surface area contributed by atoms with Crippen molar-refractivity contribution < 1.29 is 24.7 Å². The first kappa shape index (κ1) is 26.7. The molecule has 0 bridgehead atoms. The number of nitrogens with zero attached hydrogens (tertiary/aromatic N) is 1. The third kappa shape index (κ3) is 6.11. The smallest absolute Gasteiger partial charge is 0.243 e. The first-order valence-corrected chi connectivity index (χ1v) is 11.5. The Morgan fingerprint density at radius 1 is 1.10 bits per heavy atom. The van der Waals surface area contributed by atoms with E-state index in [9.17, 15) is 24.7 Å². The Morgan fingerprint density at radius 3 is 2.10 bits per heavy atom.